The van der Waals surface area contributed by atoms with Crippen LogP contribution in [0.25, 0.3) is 0 Å². The fraction of sp³-hybridized carbons (Fsp3) is 0.949. The van der Waals surface area contributed by atoms with Crippen molar-refractivity contribution >= 4 is 39.5 Å². The lowest BCUT2D eigenvalue weighted by Crippen LogP contribution is -2.30. The molecule has 0 bridgehead atoms. The van der Waals surface area contributed by atoms with Crippen LogP contribution in [0.1, 0.15) is 426 Å². The maximum atomic E-state index is 13.1. The Morgan fingerprint density at radius 1 is 0.245 bits per heavy atom. The van der Waals surface area contributed by atoms with Gasteiger partial charge in [0, 0.05) is 25.7 Å². The molecule has 0 rings (SSSR count). The van der Waals surface area contributed by atoms with E-state index in [9.17, 15) is 43.2 Å². The Bertz CT molecular complexity index is 1860. The quantitative estimate of drug-likeness (QED) is 0.0222. The summed E-state index contributed by atoms with van der Waals surface area (Å²) in [4.78, 5) is 72.9. The largest absolute Gasteiger partial charge is 0.472 e. The zero-order chi connectivity index (χ0) is 71.8. The molecule has 0 fully saturated rings. The number of esters is 4. The number of unbranched alkanes of at least 4 members (excludes halogenated alkanes) is 54. The van der Waals surface area contributed by atoms with Crippen molar-refractivity contribution in [2.24, 2.45) is 0 Å². The van der Waals surface area contributed by atoms with Crippen molar-refractivity contribution in [1.82, 2.24) is 0 Å². The van der Waals surface area contributed by atoms with Crippen LogP contribution in [-0.2, 0) is 65.4 Å². The fourth-order valence-corrected chi connectivity index (χ4v) is 13.9. The number of carbonyl (C=O) groups excluding carboxylic acids is 4. The lowest BCUT2D eigenvalue weighted by molar-refractivity contribution is -0.161. The molecule has 0 aliphatic rings. The van der Waals surface area contributed by atoms with E-state index in [1.165, 1.54) is 257 Å². The second-order valence-electron chi connectivity index (χ2n) is 28.5. The number of aliphatic hydroxyl groups excluding tert-OH is 1. The maximum absolute atomic E-state index is 13.1. The summed E-state index contributed by atoms with van der Waals surface area (Å²) in [5.41, 5.74) is 0. The molecule has 582 valence electrons. The molecule has 0 radical (unpaired) electrons. The monoisotopic (exact) mass is 1440 g/mol. The number of phosphoric ester groups is 2. The third-order valence-corrected chi connectivity index (χ3v) is 20.5. The molecule has 0 saturated heterocycles. The van der Waals surface area contributed by atoms with E-state index in [4.69, 9.17) is 37.0 Å². The van der Waals surface area contributed by atoms with Crippen molar-refractivity contribution in [3.05, 3.63) is 0 Å². The summed E-state index contributed by atoms with van der Waals surface area (Å²) in [6, 6.07) is 0. The van der Waals surface area contributed by atoms with Crippen LogP contribution in [0.5, 0.6) is 0 Å². The molecular formula is C79H154O17P2. The molecule has 2 unspecified atom stereocenters. The van der Waals surface area contributed by atoms with E-state index in [1.807, 2.05) is 0 Å². The molecule has 0 heterocycles. The molecule has 98 heavy (non-hydrogen) atoms. The number of aliphatic hydroxyl groups is 1. The van der Waals surface area contributed by atoms with Gasteiger partial charge >= 0.3 is 39.5 Å². The first kappa shape index (κ1) is 96.1. The average molecular weight is 1440 g/mol. The van der Waals surface area contributed by atoms with E-state index >= 15 is 0 Å². The minimum absolute atomic E-state index is 0.109. The lowest BCUT2D eigenvalue weighted by atomic mass is 10.0. The predicted octanol–water partition coefficient (Wildman–Crippen LogP) is 23.8. The van der Waals surface area contributed by atoms with Crippen LogP contribution in [0.15, 0.2) is 0 Å². The summed E-state index contributed by atoms with van der Waals surface area (Å²) in [7, 11) is -9.91. The topological polar surface area (TPSA) is 237 Å². The van der Waals surface area contributed by atoms with Gasteiger partial charge in [-0.05, 0) is 25.7 Å². The molecule has 19 heteroatoms. The minimum atomic E-state index is -4.96. The van der Waals surface area contributed by atoms with Crippen LogP contribution in [0.3, 0.4) is 0 Å². The van der Waals surface area contributed by atoms with E-state index in [1.54, 1.807) is 0 Å². The van der Waals surface area contributed by atoms with Crippen LogP contribution < -0.4 is 0 Å². The Hall–Kier alpha value is -1.94. The van der Waals surface area contributed by atoms with Gasteiger partial charge < -0.3 is 33.8 Å². The smallest absolute Gasteiger partial charge is 0.462 e. The molecule has 3 N–H and O–H groups in total. The average Bonchev–Trinajstić information content (AvgIpc) is 1.34. The third-order valence-electron chi connectivity index (χ3n) is 18.6. The highest BCUT2D eigenvalue weighted by molar-refractivity contribution is 7.47. The van der Waals surface area contributed by atoms with Crippen molar-refractivity contribution in [2.75, 3.05) is 39.6 Å². The highest BCUT2D eigenvalue weighted by atomic mass is 31.2. The highest BCUT2D eigenvalue weighted by Gasteiger charge is 2.30. The number of hydrogen-bond acceptors (Lipinski definition) is 15. The number of phosphoric acid groups is 2. The van der Waals surface area contributed by atoms with E-state index in [0.29, 0.717) is 25.7 Å². The van der Waals surface area contributed by atoms with Gasteiger partial charge in [-0.3, -0.25) is 37.3 Å². The predicted molar refractivity (Wildman–Crippen MR) is 400 cm³/mol. The van der Waals surface area contributed by atoms with Gasteiger partial charge in [0.05, 0.1) is 26.4 Å². The standard InChI is InChI=1S/C79H154O17P2/c1-5-9-13-17-21-25-28-31-34-35-36-37-40-43-46-50-54-58-62-66-79(84)96-75(70-90-77(82)64-60-56-52-48-44-41-38-32-29-26-22-18-14-10-6-2)72-94-98(87,88)92-68-73(80)67-91-97(85,86)93-71-74(69-89-76(81)63-59-55-51-47-24-20-16-12-8-4)95-78(83)65-61-57-53-49-45-42-39-33-30-27-23-19-15-11-7-3/h73-75,80H,5-72H2,1-4H3,(H,85,86)(H,87,88)/t73-,74+,75+/m0/s1. The fourth-order valence-electron chi connectivity index (χ4n) is 12.3. The summed E-state index contributed by atoms with van der Waals surface area (Å²) in [5.74, 6) is -2.11. The molecule has 0 aromatic carbocycles. The van der Waals surface area contributed by atoms with Gasteiger partial charge in [0.2, 0.25) is 0 Å². The molecule has 0 aromatic heterocycles. The molecule has 0 aliphatic carbocycles. The van der Waals surface area contributed by atoms with Gasteiger partial charge in [0.1, 0.15) is 19.3 Å². The van der Waals surface area contributed by atoms with E-state index in [-0.39, 0.29) is 25.7 Å². The van der Waals surface area contributed by atoms with E-state index in [2.05, 4.69) is 27.7 Å². The molecule has 17 nitrogen and oxygen atoms in total. The molecule has 0 aromatic rings. The Kier molecular flexibility index (Phi) is 71.9. The van der Waals surface area contributed by atoms with Crippen LogP contribution in [0.2, 0.25) is 0 Å². The minimum Gasteiger partial charge on any atom is -0.462 e. The van der Waals surface area contributed by atoms with Gasteiger partial charge in [-0.1, -0.05) is 374 Å². The van der Waals surface area contributed by atoms with Crippen LogP contribution >= 0.6 is 15.6 Å². The SMILES string of the molecule is CCCCCCCCCCCCCCCCCCCCCC(=O)O[C@H](COC(=O)CCCCCCCCCCCCCCCCC)COP(=O)(O)OC[C@@H](O)COP(=O)(O)OC[C@@H](COC(=O)CCCCCCCCCCC)OC(=O)CCCCCCCCCCCCCCCCC. The van der Waals surface area contributed by atoms with E-state index in [0.717, 1.165) is 89.9 Å². The Morgan fingerprint density at radius 3 is 0.602 bits per heavy atom. The highest BCUT2D eigenvalue weighted by Crippen LogP contribution is 2.45. The molecule has 0 saturated carbocycles. The zero-order valence-corrected chi connectivity index (χ0v) is 65.6. The van der Waals surface area contributed by atoms with Crippen LogP contribution in [0.4, 0.5) is 0 Å². The van der Waals surface area contributed by atoms with Crippen molar-refractivity contribution in [3.8, 4) is 0 Å². The molecule has 0 amide bonds. The van der Waals surface area contributed by atoms with Crippen LogP contribution in [0, 0.1) is 0 Å². The number of hydrogen-bond donors (Lipinski definition) is 3. The number of carbonyl (C=O) groups is 4. The summed E-state index contributed by atoms with van der Waals surface area (Å²) >= 11 is 0. The number of rotatable bonds is 80. The second kappa shape index (κ2) is 73.4. The summed E-state index contributed by atoms with van der Waals surface area (Å²) in [6.45, 7) is 5.01. The molecular weight excluding hydrogens is 1280 g/mol. The Balaban J connectivity index is 5.21. The van der Waals surface area contributed by atoms with Crippen molar-refractivity contribution < 1.29 is 80.2 Å². The Labute approximate surface area is 600 Å². The maximum Gasteiger partial charge on any atom is 0.472 e. The third kappa shape index (κ3) is 72.4. The van der Waals surface area contributed by atoms with Crippen LogP contribution in [-0.4, -0.2) is 96.7 Å². The van der Waals surface area contributed by atoms with Gasteiger partial charge in [-0.15, -0.1) is 0 Å². The van der Waals surface area contributed by atoms with Gasteiger partial charge in [0.25, 0.3) is 0 Å². The Morgan fingerprint density at radius 2 is 0.408 bits per heavy atom. The number of ether oxygens (including phenoxy) is 4. The summed E-state index contributed by atoms with van der Waals surface area (Å²) in [5, 5.41) is 10.6. The van der Waals surface area contributed by atoms with Gasteiger partial charge in [-0.2, -0.15) is 0 Å². The first-order valence-corrected chi connectivity index (χ1v) is 44.3. The van der Waals surface area contributed by atoms with Gasteiger partial charge in [-0.25, -0.2) is 9.13 Å². The lowest BCUT2D eigenvalue weighted by Gasteiger charge is -2.21. The molecule has 5 atom stereocenters. The van der Waals surface area contributed by atoms with Crippen molar-refractivity contribution in [1.29, 1.82) is 0 Å². The second-order valence-corrected chi connectivity index (χ2v) is 31.4. The zero-order valence-electron chi connectivity index (χ0n) is 63.8. The first-order chi connectivity index (χ1) is 47.7. The van der Waals surface area contributed by atoms with Crippen molar-refractivity contribution in [2.45, 2.75) is 444 Å². The van der Waals surface area contributed by atoms with E-state index < -0.39 is 97.5 Å². The molecule has 0 spiro atoms. The normalized spacial score (nSPS) is 13.8. The summed E-state index contributed by atoms with van der Waals surface area (Å²) in [6.07, 6.45) is 65.1. The summed E-state index contributed by atoms with van der Waals surface area (Å²) < 4.78 is 68.6. The molecule has 0 aliphatic heterocycles. The van der Waals surface area contributed by atoms with Crippen molar-refractivity contribution in [3.63, 3.8) is 0 Å². The first-order valence-electron chi connectivity index (χ1n) is 41.3. The van der Waals surface area contributed by atoms with Gasteiger partial charge in [0.15, 0.2) is 12.2 Å².